The maximum Gasteiger partial charge on any atom is 0.429 e. The van der Waals surface area contributed by atoms with Crippen molar-refractivity contribution in [3.8, 4) is 0 Å². The molecular formula is C33H48F6O4. The van der Waals surface area contributed by atoms with Gasteiger partial charge in [0.1, 0.15) is 0 Å². The maximum atomic E-state index is 13.5. The first-order valence-corrected chi connectivity index (χ1v) is 14.7. The zero-order valence-corrected chi connectivity index (χ0v) is 24.7. The summed E-state index contributed by atoms with van der Waals surface area (Å²) < 4.78 is 127. The molecule has 1 unspecified atom stereocenters. The van der Waals surface area contributed by atoms with Gasteiger partial charge in [-0.3, -0.25) is 0 Å². The number of hydrogen-bond donors (Lipinski definition) is 4. The van der Waals surface area contributed by atoms with Crippen LogP contribution in [0.25, 0.3) is 0 Å². The fourth-order valence-corrected chi connectivity index (χ4v) is 7.86. The van der Waals surface area contributed by atoms with Gasteiger partial charge < -0.3 is 20.4 Å². The highest BCUT2D eigenvalue weighted by molar-refractivity contribution is 5.38. The van der Waals surface area contributed by atoms with Crippen molar-refractivity contribution in [1.29, 1.82) is 0 Å². The smallest absolute Gasteiger partial charge is 0.393 e. The topological polar surface area (TPSA) is 80.9 Å². The molecule has 246 valence electrons. The first-order valence-electron chi connectivity index (χ1n) is 17.7. The van der Waals surface area contributed by atoms with Crippen LogP contribution < -0.4 is 0 Å². The number of aliphatic hydroxyl groups is 4. The summed E-state index contributed by atoms with van der Waals surface area (Å²) in [5, 5.41) is 41.0. The minimum atomic E-state index is -6.06. The standard InChI is InChI=1S/C33H48F6O4/c1-21-23(19-24(40)20-26(21)41)11-10-22-9-6-17-30(5)25(22)12-13-27(30)29(4,15-7-14-28(2,3)42)16-8-18-31(43,32(34,35)36)33(37,38)39/h8,10-11,18,24-27,40-43H,1,6-7,9,12-17,19-20H2,2-5H3/b18-8+,22-10+,23-11-/t24-,25?,26+,27-,29-,30+/m1/s1/i2D3,3D3. The molecule has 0 aliphatic heterocycles. The number of rotatable bonds is 9. The Morgan fingerprint density at radius 1 is 1.02 bits per heavy atom. The van der Waals surface area contributed by atoms with Crippen LogP contribution >= 0.6 is 0 Å². The molecular weight excluding hydrogens is 574 g/mol. The lowest BCUT2D eigenvalue weighted by Crippen LogP contribution is -2.55. The van der Waals surface area contributed by atoms with Gasteiger partial charge in [0.2, 0.25) is 0 Å². The Bertz CT molecular complexity index is 1280. The number of aliphatic hydroxyl groups excluding tert-OH is 2. The zero-order valence-electron chi connectivity index (χ0n) is 30.7. The summed E-state index contributed by atoms with van der Waals surface area (Å²) in [7, 11) is 0. The van der Waals surface area contributed by atoms with Gasteiger partial charge >= 0.3 is 12.4 Å². The Kier molecular flexibility index (Phi) is 8.14. The van der Waals surface area contributed by atoms with Gasteiger partial charge in [-0.05, 0) is 111 Å². The third-order valence-corrected chi connectivity index (χ3v) is 10.2. The summed E-state index contributed by atoms with van der Waals surface area (Å²) in [6, 6.07) is 0. The molecule has 0 radical (unpaired) electrons. The van der Waals surface area contributed by atoms with E-state index in [0.717, 1.165) is 18.4 Å². The molecule has 0 spiro atoms. The number of halogens is 6. The summed E-state index contributed by atoms with van der Waals surface area (Å²) in [5.74, 6) is -0.375. The first kappa shape index (κ1) is 27.7. The van der Waals surface area contributed by atoms with Crippen molar-refractivity contribution in [3.63, 3.8) is 0 Å². The molecule has 4 N–H and O–H groups in total. The minimum absolute atomic E-state index is 0.0338. The minimum Gasteiger partial charge on any atom is -0.393 e. The summed E-state index contributed by atoms with van der Waals surface area (Å²) in [5.41, 5.74) is -7.54. The molecule has 0 saturated heterocycles. The Labute approximate surface area is 259 Å². The van der Waals surface area contributed by atoms with E-state index < -0.39 is 66.7 Å². The van der Waals surface area contributed by atoms with Gasteiger partial charge in [-0.1, -0.05) is 50.6 Å². The third-order valence-electron chi connectivity index (χ3n) is 10.2. The van der Waals surface area contributed by atoms with Gasteiger partial charge in [-0.2, -0.15) is 26.3 Å². The van der Waals surface area contributed by atoms with Crippen LogP contribution in [0.2, 0.25) is 0 Å². The maximum absolute atomic E-state index is 13.5. The van der Waals surface area contributed by atoms with Crippen molar-refractivity contribution in [2.75, 3.05) is 0 Å². The summed E-state index contributed by atoms with van der Waals surface area (Å²) in [6.45, 7) is 1.00. The molecule has 6 atom stereocenters. The SMILES string of the molecule is [2H]C([2H])([2H])C(O)(CCC[C@](C)(C/C=C/C(O)(C(F)(F)F)C(F)(F)F)[C@H]1CCC2/C(=C/C=C3/C[C@@H](O)C[C@H](O)C3=C)CCC[C@@]21C)C([2H])([2H])[2H]. The predicted octanol–water partition coefficient (Wildman–Crippen LogP) is 7.88. The second kappa shape index (κ2) is 12.6. The quantitative estimate of drug-likeness (QED) is 0.155. The Morgan fingerprint density at radius 2 is 1.67 bits per heavy atom. The first-order chi connectivity index (χ1) is 22.0. The summed E-state index contributed by atoms with van der Waals surface area (Å²) in [4.78, 5) is 0. The van der Waals surface area contributed by atoms with Crippen LogP contribution in [0.3, 0.4) is 0 Å². The van der Waals surface area contributed by atoms with E-state index in [1.807, 2.05) is 19.1 Å². The van der Waals surface area contributed by atoms with E-state index >= 15 is 0 Å². The molecule has 0 heterocycles. The fraction of sp³-hybridized carbons (Fsp3) is 0.758. The Hall–Kier alpha value is -1.62. The molecule has 0 aromatic rings. The fourth-order valence-electron chi connectivity index (χ4n) is 7.86. The molecule has 3 aliphatic rings. The summed E-state index contributed by atoms with van der Waals surface area (Å²) in [6.07, 6.45) is -7.24. The molecule has 10 heteroatoms. The van der Waals surface area contributed by atoms with E-state index in [1.165, 1.54) is 0 Å². The lowest BCUT2D eigenvalue weighted by atomic mass is 9.55. The van der Waals surface area contributed by atoms with E-state index in [-0.39, 0.29) is 43.6 Å². The molecule has 4 nitrogen and oxygen atoms in total. The van der Waals surface area contributed by atoms with Crippen molar-refractivity contribution < 1.29 is 55.0 Å². The van der Waals surface area contributed by atoms with E-state index in [2.05, 4.69) is 6.58 Å². The predicted molar refractivity (Wildman–Crippen MR) is 154 cm³/mol. The average Bonchev–Trinajstić information content (AvgIpc) is 3.29. The second-order valence-electron chi connectivity index (χ2n) is 13.3. The van der Waals surface area contributed by atoms with Crippen LogP contribution in [-0.4, -0.2) is 56.2 Å². The highest BCUT2D eigenvalue weighted by Gasteiger charge is 2.69. The lowest BCUT2D eigenvalue weighted by molar-refractivity contribution is -0.347. The van der Waals surface area contributed by atoms with Gasteiger partial charge in [0.15, 0.2) is 0 Å². The molecule has 3 rings (SSSR count). The van der Waals surface area contributed by atoms with Crippen molar-refractivity contribution in [2.24, 2.45) is 22.7 Å². The highest BCUT2D eigenvalue weighted by atomic mass is 19.4. The van der Waals surface area contributed by atoms with E-state index in [0.29, 0.717) is 42.9 Å². The van der Waals surface area contributed by atoms with Crippen molar-refractivity contribution >= 4 is 0 Å². The largest absolute Gasteiger partial charge is 0.429 e. The van der Waals surface area contributed by atoms with Gasteiger partial charge in [0.25, 0.3) is 5.60 Å². The molecule has 3 saturated carbocycles. The van der Waals surface area contributed by atoms with Crippen LogP contribution in [0.1, 0.15) is 106 Å². The number of fused-ring (bicyclic) bond motifs is 1. The number of hydrogen-bond acceptors (Lipinski definition) is 4. The van der Waals surface area contributed by atoms with Gasteiger partial charge in [0, 0.05) is 14.6 Å². The van der Waals surface area contributed by atoms with E-state index in [4.69, 9.17) is 8.22 Å². The monoisotopic (exact) mass is 628 g/mol. The van der Waals surface area contributed by atoms with Crippen LogP contribution in [0.15, 0.2) is 47.6 Å². The van der Waals surface area contributed by atoms with Crippen molar-refractivity contribution in [1.82, 2.24) is 0 Å². The van der Waals surface area contributed by atoms with Crippen molar-refractivity contribution in [2.45, 2.75) is 134 Å². The van der Waals surface area contributed by atoms with Crippen LogP contribution in [-0.2, 0) is 0 Å². The van der Waals surface area contributed by atoms with E-state index in [1.54, 1.807) is 6.92 Å². The molecule has 3 aliphatic carbocycles. The van der Waals surface area contributed by atoms with Crippen molar-refractivity contribution in [3.05, 3.63) is 47.6 Å². The number of alkyl halides is 6. The second-order valence-corrected chi connectivity index (χ2v) is 13.3. The normalized spacial score (nSPS) is 35.6. The molecule has 0 aromatic carbocycles. The van der Waals surface area contributed by atoms with Gasteiger partial charge in [0.05, 0.1) is 17.8 Å². The zero-order chi connectivity index (χ0) is 37.6. The summed E-state index contributed by atoms with van der Waals surface area (Å²) >= 11 is 0. The van der Waals surface area contributed by atoms with Crippen LogP contribution in [0.4, 0.5) is 26.3 Å². The van der Waals surface area contributed by atoms with Crippen LogP contribution in [0.5, 0.6) is 0 Å². The molecule has 0 amide bonds. The molecule has 0 bridgehead atoms. The average molecular weight is 629 g/mol. The number of allylic oxidation sites excluding steroid dienone is 4. The molecule has 3 fully saturated rings. The Balaban J connectivity index is 2.01. The lowest BCUT2D eigenvalue weighted by Gasteiger charge is -2.49. The molecule has 0 aromatic heterocycles. The van der Waals surface area contributed by atoms with Gasteiger partial charge in [-0.15, -0.1) is 0 Å². The van der Waals surface area contributed by atoms with E-state index in [9.17, 15) is 46.8 Å². The molecule has 43 heavy (non-hydrogen) atoms. The highest BCUT2D eigenvalue weighted by Crippen LogP contribution is 2.64. The van der Waals surface area contributed by atoms with Gasteiger partial charge in [-0.25, -0.2) is 0 Å². The van der Waals surface area contributed by atoms with Crippen LogP contribution in [0, 0.1) is 22.7 Å². The third kappa shape index (κ3) is 7.79. The Morgan fingerprint density at radius 3 is 2.28 bits per heavy atom.